The predicted molar refractivity (Wildman–Crippen MR) is 208 cm³/mol. The number of nitrogens with one attached hydrogen (secondary N) is 1. The highest BCUT2D eigenvalue weighted by atomic mass is 16.6. The Morgan fingerprint density at radius 1 is 0.949 bits per heavy atom. The summed E-state index contributed by atoms with van der Waals surface area (Å²) in [5.74, 6) is -5.36. The van der Waals surface area contributed by atoms with Gasteiger partial charge in [0.2, 0.25) is 0 Å². The molecule has 2 unspecified atom stereocenters. The van der Waals surface area contributed by atoms with Crippen LogP contribution in [0.4, 0.5) is 4.79 Å². The van der Waals surface area contributed by atoms with E-state index in [1.165, 1.54) is 26.0 Å². The Morgan fingerprint density at radius 2 is 1.58 bits per heavy atom. The molecule has 11 atom stereocenters. The Hall–Kier alpha value is -4.67. The standard InChI is InChI=1S/C44H55NO14/c1-22-15-17-25(18-16-22)31(45-39(53)59-40(4,5)6)33(49)38(52)56-27-20-44(54)36(57-37(51)26-13-11-10-12-14-26)34-42(9,35(50)32(48)30(23(27)2)41(44,7)8)28(47)19-29-43(34,21-55-29)58-24(3)46/h10-18,27-29,31-34,36,47-49,54H,19-21H2,1-9H3,(H,45,53)/t27-,28-,29+,31-,32+,33+,34?,36?,42+,43-,44+/m0/s1. The fraction of sp³-hybridized carbons (Fsp3) is 0.568. The summed E-state index contributed by atoms with van der Waals surface area (Å²) in [4.78, 5) is 69.1. The monoisotopic (exact) mass is 821 g/mol. The van der Waals surface area contributed by atoms with Gasteiger partial charge in [0.1, 0.15) is 35.6 Å². The molecule has 1 aliphatic heterocycles. The summed E-state index contributed by atoms with van der Waals surface area (Å²) in [5, 5.41) is 51.7. The molecular weight excluding hydrogens is 766 g/mol. The summed E-state index contributed by atoms with van der Waals surface area (Å²) in [7, 11) is 0. The number of hydrogen-bond donors (Lipinski definition) is 5. The molecule has 2 aromatic carbocycles. The van der Waals surface area contributed by atoms with Gasteiger partial charge in [-0.2, -0.15) is 0 Å². The Kier molecular flexibility index (Phi) is 11.5. The van der Waals surface area contributed by atoms with Crippen molar-refractivity contribution >= 4 is 29.8 Å². The van der Waals surface area contributed by atoms with E-state index in [0.29, 0.717) is 5.56 Å². The fourth-order valence-corrected chi connectivity index (χ4v) is 9.67. The average molecular weight is 822 g/mol. The smallest absolute Gasteiger partial charge is 0.408 e. The third kappa shape index (κ3) is 7.45. The van der Waals surface area contributed by atoms with Gasteiger partial charge in [-0.1, -0.05) is 61.9 Å². The lowest BCUT2D eigenvalue weighted by Gasteiger charge is -2.67. The maximum absolute atomic E-state index is 15.0. The van der Waals surface area contributed by atoms with Crippen LogP contribution in [-0.4, -0.2) is 110 Å². The number of aryl methyl sites for hydroxylation is 1. The molecule has 4 aliphatic rings. The number of Topliss-reactive ketones (excluding diaryl/α,β-unsaturated/α-hetero) is 1. The van der Waals surface area contributed by atoms with Crippen molar-refractivity contribution in [2.75, 3.05) is 6.61 Å². The largest absolute Gasteiger partial charge is 0.456 e. The number of fused-ring (bicyclic) bond motifs is 5. The first kappa shape index (κ1) is 43.9. The van der Waals surface area contributed by atoms with Crippen LogP contribution in [-0.2, 0) is 38.1 Å². The Bertz CT molecular complexity index is 2020. The van der Waals surface area contributed by atoms with E-state index in [-0.39, 0.29) is 29.7 Å². The van der Waals surface area contributed by atoms with E-state index in [1.807, 2.05) is 6.92 Å². The number of aliphatic hydroxyl groups is 4. The summed E-state index contributed by atoms with van der Waals surface area (Å²) in [5.41, 5.74) is -7.27. The molecule has 6 rings (SSSR count). The van der Waals surface area contributed by atoms with E-state index in [0.717, 1.165) is 12.5 Å². The van der Waals surface area contributed by atoms with Crippen molar-refractivity contribution in [3.05, 3.63) is 82.4 Å². The van der Waals surface area contributed by atoms with Gasteiger partial charge >= 0.3 is 24.0 Å². The van der Waals surface area contributed by atoms with E-state index >= 15 is 0 Å². The van der Waals surface area contributed by atoms with Crippen molar-refractivity contribution in [2.45, 2.75) is 135 Å². The Morgan fingerprint density at radius 3 is 2.14 bits per heavy atom. The molecule has 0 radical (unpaired) electrons. The maximum atomic E-state index is 15.0. The van der Waals surface area contributed by atoms with Crippen LogP contribution < -0.4 is 5.32 Å². The molecule has 3 fully saturated rings. The van der Waals surface area contributed by atoms with Gasteiger partial charge in [-0.15, -0.1) is 0 Å². The zero-order valence-electron chi connectivity index (χ0n) is 34.8. The highest BCUT2D eigenvalue weighted by Crippen LogP contribution is 2.64. The maximum Gasteiger partial charge on any atom is 0.408 e. The molecule has 15 heteroatoms. The van der Waals surface area contributed by atoms with Gasteiger partial charge in [0, 0.05) is 25.2 Å². The SMILES string of the molecule is CC(=O)O[C@@]12CO[C@@H]1C[C@H](O)[C@@]1(C)C(=O)[C@H](O)C3=C(C)[C@@H](OC(=O)[C@H](O)[C@@H](NC(=O)OC(C)(C)C)c4ccc(C)cc4)C[C@@](O)(C(OC(=O)c4ccccc4)C12)C3(C)C. The quantitative estimate of drug-likeness (QED) is 0.146. The summed E-state index contributed by atoms with van der Waals surface area (Å²) in [6, 6.07) is 13.2. The summed E-state index contributed by atoms with van der Waals surface area (Å²) in [6.07, 6.45) is -11.5. The van der Waals surface area contributed by atoms with E-state index in [2.05, 4.69) is 5.32 Å². The van der Waals surface area contributed by atoms with Crippen molar-refractivity contribution in [3.63, 3.8) is 0 Å². The molecule has 2 saturated carbocycles. The number of esters is 3. The number of benzene rings is 2. The van der Waals surface area contributed by atoms with Gasteiger partial charge in [0.15, 0.2) is 17.5 Å². The van der Waals surface area contributed by atoms with Crippen LogP contribution in [0.15, 0.2) is 65.7 Å². The van der Waals surface area contributed by atoms with Crippen LogP contribution in [0.5, 0.6) is 0 Å². The normalized spacial score (nSPS) is 33.3. The summed E-state index contributed by atoms with van der Waals surface area (Å²) < 4.78 is 29.6. The summed E-state index contributed by atoms with van der Waals surface area (Å²) >= 11 is 0. The molecule has 5 N–H and O–H groups in total. The number of ketones is 1. The predicted octanol–water partition coefficient (Wildman–Crippen LogP) is 3.57. The minimum atomic E-state index is -2.36. The van der Waals surface area contributed by atoms with Gasteiger partial charge in [0.05, 0.1) is 35.6 Å². The number of aliphatic hydroxyl groups excluding tert-OH is 3. The van der Waals surface area contributed by atoms with Gasteiger partial charge < -0.3 is 49.4 Å². The van der Waals surface area contributed by atoms with E-state index in [4.69, 9.17) is 23.7 Å². The Balaban J connectivity index is 1.49. The number of hydrogen-bond acceptors (Lipinski definition) is 14. The van der Waals surface area contributed by atoms with Crippen LogP contribution in [0.2, 0.25) is 0 Å². The number of carbonyl (C=O) groups is 5. The second kappa shape index (κ2) is 15.4. The van der Waals surface area contributed by atoms with E-state index < -0.39 is 112 Å². The third-order valence-corrected chi connectivity index (χ3v) is 12.8. The van der Waals surface area contributed by atoms with Crippen molar-refractivity contribution in [1.29, 1.82) is 0 Å². The van der Waals surface area contributed by atoms with Gasteiger partial charge in [-0.25, -0.2) is 14.4 Å². The van der Waals surface area contributed by atoms with Crippen LogP contribution in [0.1, 0.15) is 95.8 Å². The second-order valence-corrected chi connectivity index (χ2v) is 18.1. The highest BCUT2D eigenvalue weighted by molar-refractivity contribution is 5.94. The van der Waals surface area contributed by atoms with Crippen LogP contribution in [0.3, 0.4) is 0 Å². The highest BCUT2D eigenvalue weighted by Gasteiger charge is 2.78. The Labute approximate surface area is 343 Å². The van der Waals surface area contributed by atoms with Gasteiger partial charge in [0.25, 0.3) is 0 Å². The third-order valence-electron chi connectivity index (χ3n) is 12.8. The number of rotatable bonds is 8. The molecular formula is C44H55NO14. The number of amides is 1. The molecule has 0 aromatic heterocycles. The first-order chi connectivity index (χ1) is 27.4. The molecule has 1 saturated heterocycles. The zero-order valence-corrected chi connectivity index (χ0v) is 34.8. The van der Waals surface area contributed by atoms with Gasteiger partial charge in [-0.3, -0.25) is 9.59 Å². The number of ether oxygens (including phenoxy) is 5. The minimum absolute atomic E-state index is 0.0633. The topological polar surface area (TPSA) is 224 Å². The van der Waals surface area contributed by atoms with Crippen LogP contribution >= 0.6 is 0 Å². The van der Waals surface area contributed by atoms with Gasteiger partial charge in [-0.05, 0) is 70.4 Å². The lowest BCUT2D eigenvalue weighted by atomic mass is 9.44. The zero-order chi connectivity index (χ0) is 43.6. The van der Waals surface area contributed by atoms with Crippen molar-refractivity contribution in [1.82, 2.24) is 5.32 Å². The molecule has 15 nitrogen and oxygen atoms in total. The van der Waals surface area contributed by atoms with E-state index in [9.17, 15) is 44.4 Å². The summed E-state index contributed by atoms with van der Waals surface area (Å²) in [6.45, 7) is 13.6. The molecule has 2 aromatic rings. The van der Waals surface area contributed by atoms with Crippen molar-refractivity contribution < 1.29 is 68.1 Å². The minimum Gasteiger partial charge on any atom is -0.456 e. The molecule has 0 spiro atoms. The molecule has 2 bridgehead atoms. The van der Waals surface area contributed by atoms with E-state index in [1.54, 1.807) is 77.1 Å². The second-order valence-electron chi connectivity index (χ2n) is 18.1. The lowest BCUT2D eigenvalue weighted by Crippen LogP contribution is -2.81. The average Bonchev–Trinajstić information content (AvgIpc) is 3.15. The first-order valence-corrected chi connectivity index (χ1v) is 19.7. The molecule has 1 heterocycles. The fourth-order valence-electron chi connectivity index (χ4n) is 9.67. The number of carbonyl (C=O) groups excluding carboxylic acids is 5. The van der Waals surface area contributed by atoms with Crippen molar-refractivity contribution in [2.24, 2.45) is 16.7 Å². The molecule has 320 valence electrons. The lowest BCUT2D eigenvalue weighted by molar-refractivity contribution is -0.346. The molecule has 59 heavy (non-hydrogen) atoms. The van der Waals surface area contributed by atoms with Crippen LogP contribution in [0.25, 0.3) is 0 Å². The van der Waals surface area contributed by atoms with Crippen molar-refractivity contribution in [3.8, 4) is 0 Å². The first-order valence-electron chi connectivity index (χ1n) is 19.7. The molecule has 1 amide bonds. The number of alkyl carbamates (subject to hydrolysis) is 1. The molecule has 3 aliphatic carbocycles. The van der Waals surface area contributed by atoms with Crippen LogP contribution in [0, 0.1) is 23.7 Å².